The highest BCUT2D eigenvalue weighted by atomic mass is 16.2. The molecule has 1 aliphatic heterocycles. The highest BCUT2D eigenvalue weighted by Gasteiger charge is 2.16. The molecule has 0 atom stereocenters. The first-order valence-corrected chi connectivity index (χ1v) is 8.97. The average molecular weight is 366 g/mol. The summed E-state index contributed by atoms with van der Waals surface area (Å²) in [5, 5.41) is 8.71. The van der Waals surface area contributed by atoms with Crippen molar-refractivity contribution in [3.05, 3.63) is 42.9 Å². The van der Waals surface area contributed by atoms with Crippen LogP contribution < -0.4 is 5.32 Å². The van der Waals surface area contributed by atoms with Crippen LogP contribution in [0.25, 0.3) is 21.9 Å². The number of amides is 1. The topological polar surface area (TPSA) is 66.3 Å². The largest absolute Gasteiger partial charge is 0.310 e. The van der Waals surface area contributed by atoms with Crippen molar-refractivity contribution in [1.82, 2.24) is 24.6 Å². The molecule has 1 amide bonds. The fourth-order valence-electron chi connectivity index (χ4n) is 3.17. The van der Waals surface area contributed by atoms with Gasteiger partial charge in [-0.2, -0.15) is 5.10 Å². The van der Waals surface area contributed by atoms with Gasteiger partial charge in [-0.25, -0.2) is 4.98 Å². The van der Waals surface area contributed by atoms with Crippen molar-refractivity contribution < 1.29 is 7.54 Å². The first-order chi connectivity index (χ1) is 13.8. The number of likely N-dealkylation sites (N-methyl/N-ethyl adjacent to an activating group) is 1. The van der Waals surface area contributed by atoms with E-state index in [-0.39, 0.29) is 0 Å². The number of pyridine rings is 1. The van der Waals surface area contributed by atoms with Gasteiger partial charge < -0.3 is 10.2 Å². The Kier molecular flexibility index (Phi) is 4.23. The molecular formula is C20H24N6O. The van der Waals surface area contributed by atoms with Crippen molar-refractivity contribution in [2.45, 2.75) is 0 Å². The Bertz CT molecular complexity index is 1040. The Morgan fingerprint density at radius 2 is 1.93 bits per heavy atom. The second kappa shape index (κ2) is 7.46. The smallest absolute Gasteiger partial charge is 0.239 e. The lowest BCUT2D eigenvalue weighted by Crippen LogP contribution is -2.47. The predicted molar refractivity (Wildman–Crippen MR) is 107 cm³/mol. The summed E-state index contributed by atoms with van der Waals surface area (Å²) in [4.78, 5) is 20.6. The molecule has 1 aromatic carbocycles. The molecule has 0 saturated carbocycles. The highest BCUT2D eigenvalue weighted by molar-refractivity contribution is 5.94. The number of hydrogen-bond donors (Lipinski definition) is 1. The third-order valence-corrected chi connectivity index (χ3v) is 4.76. The number of rotatable bonds is 4. The van der Waals surface area contributed by atoms with Gasteiger partial charge in [0.15, 0.2) is 0 Å². The van der Waals surface area contributed by atoms with Crippen LogP contribution >= 0.6 is 0 Å². The number of carbonyl (C=O) groups is 1. The first kappa shape index (κ1) is 15.3. The van der Waals surface area contributed by atoms with Crippen LogP contribution in [0.15, 0.2) is 42.9 Å². The molecule has 27 heavy (non-hydrogen) atoms. The molecule has 0 unspecified atom stereocenters. The van der Waals surface area contributed by atoms with Gasteiger partial charge in [0.25, 0.3) is 0 Å². The number of piperazine rings is 1. The molecule has 4 rings (SSSR count). The molecule has 2 aromatic heterocycles. The van der Waals surface area contributed by atoms with E-state index >= 15 is 0 Å². The predicted octanol–water partition coefficient (Wildman–Crippen LogP) is 1.82. The lowest BCUT2D eigenvalue weighted by atomic mass is 10.1. The summed E-state index contributed by atoms with van der Waals surface area (Å²) in [7, 11) is 3.86. The number of hydrogen-bond acceptors (Lipinski definition) is 5. The molecule has 3 heterocycles. The summed E-state index contributed by atoms with van der Waals surface area (Å²) >= 11 is 0. The van der Waals surface area contributed by atoms with Crippen LogP contribution in [0.5, 0.6) is 0 Å². The summed E-state index contributed by atoms with van der Waals surface area (Å²) < 4.78 is 18.3. The summed E-state index contributed by atoms with van der Waals surface area (Å²) in [6.45, 7) is 0.402. The van der Waals surface area contributed by atoms with Crippen LogP contribution in [0.3, 0.4) is 0 Å². The molecule has 0 aliphatic carbocycles. The third-order valence-electron chi connectivity index (χ3n) is 4.76. The van der Waals surface area contributed by atoms with Crippen molar-refractivity contribution in [3.63, 3.8) is 0 Å². The van der Waals surface area contributed by atoms with E-state index in [0.29, 0.717) is 18.9 Å². The zero-order chi connectivity index (χ0) is 20.6. The molecular weight excluding hydrogens is 340 g/mol. The number of benzene rings is 1. The van der Waals surface area contributed by atoms with Crippen molar-refractivity contribution in [1.29, 1.82) is 0 Å². The molecule has 7 heteroatoms. The minimum atomic E-state index is -2.09. The van der Waals surface area contributed by atoms with E-state index in [0.717, 1.165) is 35.0 Å². The van der Waals surface area contributed by atoms with Gasteiger partial charge in [-0.15, -0.1) is 0 Å². The second-order valence-corrected chi connectivity index (χ2v) is 6.89. The molecule has 140 valence electrons. The molecule has 1 aliphatic rings. The normalized spacial score (nSPS) is 17.6. The molecule has 3 aromatic rings. The maximum atomic E-state index is 12.6. The Labute approximate surface area is 161 Å². The maximum absolute atomic E-state index is 12.6. The number of nitrogens with one attached hydrogen (secondary N) is 1. The van der Waals surface area contributed by atoms with E-state index in [9.17, 15) is 4.79 Å². The van der Waals surface area contributed by atoms with Crippen molar-refractivity contribution in [3.8, 4) is 11.1 Å². The SMILES string of the molecule is [2H]C([2H])(C(=O)Nc1cc2cc(-c3cnn(C)c3)ccc2cn1)N1CCN(C)CC1. The third kappa shape index (κ3) is 4.15. The van der Waals surface area contributed by atoms with Gasteiger partial charge in [0.05, 0.1) is 15.4 Å². The van der Waals surface area contributed by atoms with Crippen LogP contribution in [-0.4, -0.2) is 70.2 Å². The number of anilines is 1. The zero-order valence-corrected chi connectivity index (χ0v) is 15.5. The number of carbonyl (C=O) groups excluding carboxylic acids is 1. The highest BCUT2D eigenvalue weighted by Crippen LogP contribution is 2.25. The van der Waals surface area contributed by atoms with Crippen LogP contribution in [0, 0.1) is 0 Å². The molecule has 0 bridgehead atoms. The average Bonchev–Trinajstić information content (AvgIpc) is 3.14. The number of aryl methyl sites for hydroxylation is 1. The Morgan fingerprint density at radius 1 is 1.11 bits per heavy atom. The van der Waals surface area contributed by atoms with Crippen LogP contribution in [0.4, 0.5) is 5.82 Å². The zero-order valence-electron chi connectivity index (χ0n) is 17.5. The molecule has 0 spiro atoms. The minimum Gasteiger partial charge on any atom is -0.310 e. The minimum absolute atomic E-state index is 0.337. The van der Waals surface area contributed by atoms with Gasteiger partial charge in [-0.05, 0) is 30.1 Å². The summed E-state index contributed by atoms with van der Waals surface area (Å²) in [5.74, 6) is -0.360. The molecule has 7 nitrogen and oxygen atoms in total. The second-order valence-electron chi connectivity index (χ2n) is 6.89. The Hall–Kier alpha value is -2.77. The Morgan fingerprint density at radius 3 is 2.67 bits per heavy atom. The quantitative estimate of drug-likeness (QED) is 0.763. The van der Waals surface area contributed by atoms with Crippen molar-refractivity contribution in [2.75, 3.05) is 45.0 Å². The first-order valence-electron chi connectivity index (χ1n) is 9.97. The molecule has 0 radical (unpaired) electrons. The summed E-state index contributed by atoms with van der Waals surface area (Å²) in [5.41, 5.74) is 2.02. The fraction of sp³-hybridized carbons (Fsp3) is 0.350. The molecule has 1 fully saturated rings. The van der Waals surface area contributed by atoms with E-state index in [1.54, 1.807) is 28.0 Å². The van der Waals surface area contributed by atoms with Crippen LogP contribution in [0.2, 0.25) is 0 Å². The van der Waals surface area contributed by atoms with Crippen LogP contribution in [-0.2, 0) is 11.8 Å². The van der Waals surface area contributed by atoms with E-state index in [1.807, 2.05) is 38.5 Å². The van der Waals surface area contributed by atoms with Gasteiger partial charge >= 0.3 is 0 Å². The van der Waals surface area contributed by atoms with Gasteiger partial charge in [0.1, 0.15) is 5.82 Å². The van der Waals surface area contributed by atoms with Crippen LogP contribution in [0.1, 0.15) is 2.74 Å². The standard InChI is InChI=1S/C20H24N6O/c1-24-5-7-26(8-6-24)14-20(27)23-19-10-17-9-15(3-4-16(17)11-21-19)18-12-22-25(2)13-18/h3-4,9-13H,5-8,14H2,1-2H3,(H,21,23,27)/i14D2. The number of fused-ring (bicyclic) bond motifs is 1. The van der Waals surface area contributed by atoms with E-state index in [1.165, 1.54) is 0 Å². The van der Waals surface area contributed by atoms with E-state index in [2.05, 4.69) is 20.3 Å². The number of aromatic nitrogens is 3. The number of nitrogens with zero attached hydrogens (tertiary/aromatic N) is 5. The van der Waals surface area contributed by atoms with Crippen molar-refractivity contribution in [2.24, 2.45) is 7.05 Å². The van der Waals surface area contributed by atoms with Gasteiger partial charge in [0.2, 0.25) is 5.91 Å². The lowest BCUT2D eigenvalue weighted by Gasteiger charge is -2.31. The fourth-order valence-corrected chi connectivity index (χ4v) is 3.17. The molecule has 1 N–H and O–H groups in total. The molecule has 1 saturated heterocycles. The summed E-state index contributed by atoms with van der Waals surface area (Å²) in [6, 6.07) is 7.76. The monoisotopic (exact) mass is 366 g/mol. The van der Waals surface area contributed by atoms with Gasteiger partial charge in [0, 0.05) is 56.6 Å². The van der Waals surface area contributed by atoms with E-state index < -0.39 is 12.4 Å². The maximum Gasteiger partial charge on any atom is 0.239 e. The van der Waals surface area contributed by atoms with Gasteiger partial charge in [-0.1, -0.05) is 12.1 Å². The van der Waals surface area contributed by atoms with E-state index in [4.69, 9.17) is 2.74 Å². The Balaban J connectivity index is 1.55. The lowest BCUT2D eigenvalue weighted by molar-refractivity contribution is -0.117. The van der Waals surface area contributed by atoms with Gasteiger partial charge in [-0.3, -0.25) is 14.4 Å². The van der Waals surface area contributed by atoms with Crippen molar-refractivity contribution >= 4 is 22.5 Å². The summed E-state index contributed by atoms with van der Waals surface area (Å²) in [6.07, 6.45) is 5.43.